The molecule has 2 unspecified atom stereocenters. The molecule has 1 spiro atoms. The summed E-state index contributed by atoms with van der Waals surface area (Å²) in [5, 5.41) is 16.6. The van der Waals surface area contributed by atoms with Crippen LogP contribution < -0.4 is 10.6 Å². The second-order valence-corrected chi connectivity index (χ2v) is 10.4. The number of likely N-dealkylation sites (tertiary alicyclic amines) is 1. The van der Waals surface area contributed by atoms with Crippen molar-refractivity contribution in [1.82, 2.24) is 20.5 Å². The number of carbonyl (C=O) groups is 3. The van der Waals surface area contributed by atoms with Gasteiger partial charge in [-0.05, 0) is 62.1 Å². The molecule has 178 valence electrons. The van der Waals surface area contributed by atoms with Gasteiger partial charge >= 0.3 is 0 Å². The number of nitrogens with zero attached hydrogens (tertiary/aromatic N) is 2. The summed E-state index contributed by atoms with van der Waals surface area (Å²) in [6.07, 6.45) is 5.51. The average Bonchev–Trinajstić information content (AvgIpc) is 3.43. The molecule has 2 aromatic rings. The van der Waals surface area contributed by atoms with Crippen molar-refractivity contribution in [2.24, 2.45) is 11.3 Å². The lowest BCUT2D eigenvalue weighted by molar-refractivity contribution is -0.128. The maximum atomic E-state index is 13.5. The first-order valence-electron chi connectivity index (χ1n) is 11.9. The molecule has 0 radical (unpaired) electrons. The Morgan fingerprint density at radius 2 is 2.15 bits per heavy atom. The molecule has 8 nitrogen and oxygen atoms in total. The summed E-state index contributed by atoms with van der Waals surface area (Å²) >= 11 is 6.29. The largest absolute Gasteiger partial charge is 0.356 e. The first-order valence-corrected chi connectivity index (χ1v) is 12.3. The van der Waals surface area contributed by atoms with E-state index in [0.717, 1.165) is 36.6 Å². The van der Waals surface area contributed by atoms with Crippen LogP contribution >= 0.6 is 11.6 Å². The number of nitrogens with one attached hydrogen (secondary N) is 3. The Morgan fingerprint density at radius 3 is 2.82 bits per heavy atom. The molecule has 3 heterocycles. The highest BCUT2D eigenvalue weighted by atomic mass is 35.5. The van der Waals surface area contributed by atoms with Gasteiger partial charge in [0.15, 0.2) is 0 Å². The quantitative estimate of drug-likeness (QED) is 0.607. The van der Waals surface area contributed by atoms with Crippen LogP contribution in [0.15, 0.2) is 24.3 Å². The van der Waals surface area contributed by atoms with E-state index in [4.69, 9.17) is 11.6 Å². The van der Waals surface area contributed by atoms with E-state index >= 15 is 0 Å². The molecule has 2 aliphatic heterocycles. The van der Waals surface area contributed by atoms with Gasteiger partial charge < -0.3 is 20.5 Å². The van der Waals surface area contributed by atoms with Gasteiger partial charge in [0.05, 0.1) is 6.07 Å². The number of hydrogen-bond donors (Lipinski definition) is 3. The van der Waals surface area contributed by atoms with Gasteiger partial charge in [0.2, 0.25) is 11.8 Å². The van der Waals surface area contributed by atoms with E-state index in [9.17, 15) is 19.6 Å². The maximum Gasteiger partial charge on any atom is 0.271 e. The lowest BCUT2D eigenvalue weighted by Gasteiger charge is -2.37. The maximum absolute atomic E-state index is 13.5. The van der Waals surface area contributed by atoms with Crippen LogP contribution in [0.2, 0.25) is 5.02 Å². The number of carbonyl (C=O) groups excluding carboxylic acids is 3. The lowest BCUT2D eigenvalue weighted by atomic mass is 9.67. The minimum atomic E-state index is -0.775. The highest BCUT2D eigenvalue weighted by molar-refractivity contribution is 6.35. The summed E-state index contributed by atoms with van der Waals surface area (Å²) in [6, 6.07) is 7.90. The molecular formula is C25H28ClN5O3. The smallest absolute Gasteiger partial charge is 0.271 e. The fourth-order valence-electron chi connectivity index (χ4n) is 5.69. The van der Waals surface area contributed by atoms with E-state index in [-0.39, 0.29) is 35.5 Å². The molecular weight excluding hydrogens is 454 g/mol. The number of piperidine rings is 1. The number of amides is 3. The molecule has 34 heavy (non-hydrogen) atoms. The number of nitriles is 1. The molecule has 1 saturated carbocycles. The summed E-state index contributed by atoms with van der Waals surface area (Å²) in [6.45, 7) is 1.17. The Balaban J connectivity index is 1.34. The first kappa shape index (κ1) is 22.7. The van der Waals surface area contributed by atoms with E-state index in [1.165, 1.54) is 0 Å². The number of aromatic nitrogens is 1. The molecule has 1 aromatic heterocycles. The molecule has 3 N–H and O–H groups in total. The standard InChI is InChI=1S/C25H28ClN5O3/c26-18-5-1-6-19-17(18)11-20(30-19)24(34)31-14-25(7-3-8-25)12-21(31)23(33)29-16(13-27)10-15-4-2-9-28-22(15)32/h1,5-6,11,15-16,21,30H,2-4,7-10,12,14H2,(H,28,32)(H,29,33)/t15-,16?,21?/m0/s1. The highest BCUT2D eigenvalue weighted by Gasteiger charge is 2.52. The molecule has 2 saturated heterocycles. The van der Waals surface area contributed by atoms with Crippen LogP contribution in [0.1, 0.15) is 55.4 Å². The summed E-state index contributed by atoms with van der Waals surface area (Å²) in [5.41, 5.74) is 1.13. The van der Waals surface area contributed by atoms with Crippen LogP contribution in [0, 0.1) is 22.7 Å². The van der Waals surface area contributed by atoms with Crippen molar-refractivity contribution in [3.63, 3.8) is 0 Å². The average molecular weight is 482 g/mol. The van der Waals surface area contributed by atoms with Crippen LogP contribution in [0.3, 0.4) is 0 Å². The predicted molar refractivity (Wildman–Crippen MR) is 127 cm³/mol. The van der Waals surface area contributed by atoms with Crippen LogP contribution in [0.5, 0.6) is 0 Å². The minimum absolute atomic E-state index is 0.0350. The number of fused-ring (bicyclic) bond motifs is 1. The Labute approximate surface area is 203 Å². The summed E-state index contributed by atoms with van der Waals surface area (Å²) in [5.74, 6) is -0.913. The zero-order valence-corrected chi connectivity index (χ0v) is 19.7. The molecule has 1 aliphatic carbocycles. The Kier molecular flexibility index (Phi) is 5.98. The first-order chi connectivity index (χ1) is 16.4. The van der Waals surface area contributed by atoms with Gasteiger partial charge in [-0.25, -0.2) is 0 Å². The number of aromatic amines is 1. The van der Waals surface area contributed by atoms with Crippen molar-refractivity contribution in [2.75, 3.05) is 13.1 Å². The summed E-state index contributed by atoms with van der Waals surface area (Å²) in [7, 11) is 0. The van der Waals surface area contributed by atoms with Crippen molar-refractivity contribution in [1.29, 1.82) is 5.26 Å². The second-order valence-electron chi connectivity index (χ2n) is 9.95. The molecule has 0 bridgehead atoms. The molecule has 9 heteroatoms. The lowest BCUT2D eigenvalue weighted by Crippen LogP contribution is -2.49. The van der Waals surface area contributed by atoms with Crippen molar-refractivity contribution in [2.45, 2.75) is 57.0 Å². The van der Waals surface area contributed by atoms with Crippen LogP contribution in [0.25, 0.3) is 10.9 Å². The van der Waals surface area contributed by atoms with Gasteiger partial charge in [0, 0.05) is 34.9 Å². The van der Waals surface area contributed by atoms with Gasteiger partial charge in [0.25, 0.3) is 5.91 Å². The third-order valence-electron chi connectivity index (χ3n) is 7.72. The third kappa shape index (κ3) is 4.14. The fraction of sp³-hybridized carbons (Fsp3) is 0.520. The zero-order chi connectivity index (χ0) is 23.9. The number of hydrogen-bond acceptors (Lipinski definition) is 4. The van der Waals surface area contributed by atoms with E-state index in [0.29, 0.717) is 36.6 Å². The van der Waals surface area contributed by atoms with E-state index in [2.05, 4.69) is 21.7 Å². The summed E-state index contributed by atoms with van der Waals surface area (Å²) < 4.78 is 0. The van der Waals surface area contributed by atoms with Gasteiger partial charge in [0.1, 0.15) is 17.8 Å². The normalized spacial score (nSPS) is 24.4. The Bertz CT molecular complexity index is 1180. The van der Waals surface area contributed by atoms with E-state index < -0.39 is 12.1 Å². The van der Waals surface area contributed by atoms with Crippen molar-refractivity contribution in [3.8, 4) is 6.07 Å². The number of H-pyrrole nitrogens is 1. The monoisotopic (exact) mass is 481 g/mol. The van der Waals surface area contributed by atoms with Gasteiger partial charge in [-0.2, -0.15) is 5.26 Å². The van der Waals surface area contributed by atoms with Crippen molar-refractivity contribution in [3.05, 3.63) is 35.0 Å². The SMILES string of the molecule is N#CC(C[C@@H]1CCCNC1=O)NC(=O)C1CC2(CCC2)CN1C(=O)c1cc2c(Cl)cccc2[nH]1. The molecule has 3 atom stereocenters. The second kappa shape index (κ2) is 8.95. The topological polar surface area (TPSA) is 118 Å². The van der Waals surface area contributed by atoms with Gasteiger partial charge in [-0.1, -0.05) is 24.1 Å². The van der Waals surface area contributed by atoms with Gasteiger partial charge in [-0.3, -0.25) is 14.4 Å². The number of rotatable bonds is 5. The van der Waals surface area contributed by atoms with Gasteiger partial charge in [-0.15, -0.1) is 0 Å². The van der Waals surface area contributed by atoms with Crippen molar-refractivity contribution < 1.29 is 14.4 Å². The Hall–Kier alpha value is -3.05. The van der Waals surface area contributed by atoms with Crippen LogP contribution in [-0.4, -0.2) is 52.8 Å². The molecule has 3 aliphatic rings. The predicted octanol–water partition coefficient (Wildman–Crippen LogP) is 3.13. The van der Waals surface area contributed by atoms with E-state index in [1.54, 1.807) is 17.0 Å². The summed E-state index contributed by atoms with van der Waals surface area (Å²) in [4.78, 5) is 43.8. The minimum Gasteiger partial charge on any atom is -0.356 e. The highest BCUT2D eigenvalue weighted by Crippen LogP contribution is 2.50. The number of benzene rings is 1. The molecule has 3 fully saturated rings. The Morgan fingerprint density at radius 1 is 1.32 bits per heavy atom. The van der Waals surface area contributed by atoms with Crippen LogP contribution in [-0.2, 0) is 9.59 Å². The molecule has 3 amide bonds. The fourth-order valence-corrected chi connectivity index (χ4v) is 5.92. The van der Waals surface area contributed by atoms with Crippen molar-refractivity contribution >= 4 is 40.2 Å². The zero-order valence-electron chi connectivity index (χ0n) is 18.9. The van der Waals surface area contributed by atoms with E-state index in [1.807, 2.05) is 12.1 Å². The number of halogens is 1. The third-order valence-corrected chi connectivity index (χ3v) is 8.05. The molecule has 1 aromatic carbocycles. The molecule has 5 rings (SSSR count). The van der Waals surface area contributed by atoms with Crippen LogP contribution in [0.4, 0.5) is 0 Å².